The van der Waals surface area contributed by atoms with Gasteiger partial charge in [0.1, 0.15) is 11.5 Å². The van der Waals surface area contributed by atoms with Crippen LogP contribution in [0.2, 0.25) is 0 Å². The second-order valence-electron chi connectivity index (χ2n) is 5.27. The molecule has 0 atom stereocenters. The van der Waals surface area contributed by atoms with Gasteiger partial charge < -0.3 is 15.1 Å². The molecule has 5 heteroatoms. The summed E-state index contributed by atoms with van der Waals surface area (Å²) in [6.07, 6.45) is 0. The molecule has 0 bridgehead atoms. The summed E-state index contributed by atoms with van der Waals surface area (Å²) in [6.45, 7) is 6.81. The Balaban J connectivity index is 2.26. The van der Waals surface area contributed by atoms with E-state index in [0.717, 1.165) is 28.7 Å². The molecule has 0 amide bonds. The summed E-state index contributed by atoms with van der Waals surface area (Å²) in [6, 6.07) is 3.96. The van der Waals surface area contributed by atoms with Crippen molar-refractivity contribution in [1.29, 1.82) is 0 Å². The Hall–Kier alpha value is -1.91. The highest BCUT2D eigenvalue weighted by molar-refractivity contribution is 5.66. The number of hydrogen-bond donors (Lipinski definition) is 1. The molecule has 0 aliphatic heterocycles. The molecule has 2 N–H and O–H groups in total. The van der Waals surface area contributed by atoms with E-state index in [-0.39, 0.29) is 0 Å². The molecule has 5 nitrogen and oxygen atoms in total. The number of nitrogens with zero attached hydrogens (tertiary/aromatic N) is 3. The van der Waals surface area contributed by atoms with Crippen LogP contribution in [0.3, 0.4) is 0 Å². The summed E-state index contributed by atoms with van der Waals surface area (Å²) in [5, 5.41) is 4.50. The summed E-state index contributed by atoms with van der Waals surface area (Å²) in [4.78, 5) is 2.06. The summed E-state index contributed by atoms with van der Waals surface area (Å²) in [7, 11) is 3.91. The number of nitrogen functional groups attached to an aromatic ring is 1. The van der Waals surface area contributed by atoms with Crippen LogP contribution in [0.5, 0.6) is 0 Å². The van der Waals surface area contributed by atoms with Crippen LogP contribution in [0.15, 0.2) is 16.5 Å². The van der Waals surface area contributed by atoms with Crippen molar-refractivity contribution in [1.82, 2.24) is 9.78 Å². The van der Waals surface area contributed by atoms with Gasteiger partial charge in [-0.1, -0.05) is 13.8 Å². The minimum atomic E-state index is 0.319. The van der Waals surface area contributed by atoms with Crippen LogP contribution < -0.4 is 10.6 Å². The Bertz CT molecular complexity index is 568. The van der Waals surface area contributed by atoms with Crippen molar-refractivity contribution in [2.24, 2.45) is 7.05 Å². The Morgan fingerprint density at radius 1 is 1.42 bits per heavy atom. The molecule has 0 aliphatic carbocycles. The zero-order chi connectivity index (χ0) is 14.2. The molecule has 0 aromatic carbocycles. The maximum Gasteiger partial charge on any atom is 0.150 e. The van der Waals surface area contributed by atoms with Crippen LogP contribution >= 0.6 is 0 Å². The number of furan rings is 1. The van der Waals surface area contributed by atoms with Crippen molar-refractivity contribution < 1.29 is 4.42 Å². The van der Waals surface area contributed by atoms with Crippen LogP contribution in [-0.4, -0.2) is 16.8 Å². The maximum atomic E-state index is 6.21. The average molecular weight is 262 g/mol. The summed E-state index contributed by atoms with van der Waals surface area (Å²) in [5.74, 6) is 3.09. The number of aromatic nitrogens is 2. The van der Waals surface area contributed by atoms with Gasteiger partial charge in [-0.15, -0.1) is 0 Å². The standard InChI is InChI=1S/C14H22N4O/c1-9(2)13-12(15)14(18(5)16-13)17(4)8-11-7-6-10(3)19-11/h6-7,9H,8,15H2,1-5H3. The van der Waals surface area contributed by atoms with Gasteiger partial charge in [0.2, 0.25) is 0 Å². The fourth-order valence-electron chi connectivity index (χ4n) is 2.31. The van der Waals surface area contributed by atoms with Gasteiger partial charge in [-0.3, -0.25) is 4.68 Å². The third-order valence-electron chi connectivity index (χ3n) is 3.18. The second kappa shape index (κ2) is 4.99. The van der Waals surface area contributed by atoms with E-state index in [4.69, 9.17) is 10.2 Å². The molecule has 19 heavy (non-hydrogen) atoms. The first-order valence-corrected chi connectivity index (χ1v) is 6.49. The fraction of sp³-hybridized carbons (Fsp3) is 0.500. The lowest BCUT2D eigenvalue weighted by molar-refractivity contribution is 0.480. The van der Waals surface area contributed by atoms with E-state index in [1.807, 2.05) is 37.8 Å². The largest absolute Gasteiger partial charge is 0.464 e. The van der Waals surface area contributed by atoms with Crippen molar-refractivity contribution in [2.75, 3.05) is 17.7 Å². The Kier molecular flexibility index (Phi) is 3.55. The first-order valence-electron chi connectivity index (χ1n) is 6.49. The van der Waals surface area contributed by atoms with Crippen LogP contribution in [0, 0.1) is 6.92 Å². The van der Waals surface area contributed by atoms with E-state index in [1.54, 1.807) is 0 Å². The molecule has 0 saturated heterocycles. The number of nitrogens with two attached hydrogens (primary N) is 1. The molecule has 0 unspecified atom stereocenters. The first kappa shape index (κ1) is 13.5. The lowest BCUT2D eigenvalue weighted by atomic mass is 10.1. The van der Waals surface area contributed by atoms with E-state index in [2.05, 4.69) is 23.8 Å². The van der Waals surface area contributed by atoms with E-state index in [0.29, 0.717) is 12.5 Å². The highest BCUT2D eigenvalue weighted by Gasteiger charge is 2.19. The smallest absolute Gasteiger partial charge is 0.150 e. The third-order valence-corrected chi connectivity index (χ3v) is 3.18. The molecule has 0 saturated carbocycles. The molecular formula is C14H22N4O. The topological polar surface area (TPSA) is 60.2 Å². The average Bonchev–Trinajstić information content (AvgIpc) is 2.83. The predicted octanol–water partition coefficient (Wildman–Crippen LogP) is 2.66. The van der Waals surface area contributed by atoms with Gasteiger partial charge in [-0.05, 0) is 25.0 Å². The highest BCUT2D eigenvalue weighted by atomic mass is 16.3. The zero-order valence-electron chi connectivity index (χ0n) is 12.3. The van der Waals surface area contributed by atoms with Crippen molar-refractivity contribution >= 4 is 11.5 Å². The zero-order valence-corrected chi connectivity index (χ0v) is 12.3. The lowest BCUT2D eigenvalue weighted by Crippen LogP contribution is -2.20. The van der Waals surface area contributed by atoms with Gasteiger partial charge in [0.15, 0.2) is 5.82 Å². The number of rotatable bonds is 4. The van der Waals surface area contributed by atoms with Crippen molar-refractivity contribution in [3.63, 3.8) is 0 Å². The van der Waals surface area contributed by atoms with Crippen molar-refractivity contribution in [3.05, 3.63) is 29.3 Å². The van der Waals surface area contributed by atoms with Gasteiger partial charge in [0.25, 0.3) is 0 Å². The molecule has 2 aromatic heterocycles. The SMILES string of the molecule is Cc1ccc(CN(C)c2c(N)c(C(C)C)nn2C)o1. The molecule has 2 rings (SSSR count). The molecule has 2 aromatic rings. The minimum Gasteiger partial charge on any atom is -0.464 e. The summed E-state index contributed by atoms with van der Waals surface area (Å²) < 4.78 is 7.43. The second-order valence-corrected chi connectivity index (χ2v) is 5.27. The van der Waals surface area contributed by atoms with Gasteiger partial charge in [0, 0.05) is 14.1 Å². The van der Waals surface area contributed by atoms with Gasteiger partial charge in [-0.2, -0.15) is 5.10 Å². The Labute approximate surface area is 114 Å². The van der Waals surface area contributed by atoms with Gasteiger partial charge >= 0.3 is 0 Å². The quantitative estimate of drug-likeness (QED) is 0.920. The maximum absolute atomic E-state index is 6.21. The summed E-state index contributed by atoms with van der Waals surface area (Å²) in [5.41, 5.74) is 7.91. The van der Waals surface area contributed by atoms with E-state index < -0.39 is 0 Å². The van der Waals surface area contributed by atoms with Crippen LogP contribution in [0.1, 0.15) is 37.0 Å². The molecule has 0 spiro atoms. The van der Waals surface area contributed by atoms with E-state index in [1.165, 1.54) is 0 Å². The van der Waals surface area contributed by atoms with Gasteiger partial charge in [-0.25, -0.2) is 0 Å². The van der Waals surface area contributed by atoms with Crippen molar-refractivity contribution in [3.8, 4) is 0 Å². The normalized spacial score (nSPS) is 11.3. The first-order chi connectivity index (χ1) is 8.90. The third kappa shape index (κ3) is 2.59. The molecule has 0 fully saturated rings. The van der Waals surface area contributed by atoms with E-state index in [9.17, 15) is 0 Å². The number of hydrogen-bond acceptors (Lipinski definition) is 4. The van der Waals surface area contributed by atoms with Crippen LogP contribution in [0.25, 0.3) is 0 Å². The monoisotopic (exact) mass is 262 g/mol. The molecule has 2 heterocycles. The Morgan fingerprint density at radius 2 is 2.11 bits per heavy atom. The van der Waals surface area contributed by atoms with Crippen LogP contribution in [0.4, 0.5) is 11.5 Å². The molecule has 104 valence electrons. The van der Waals surface area contributed by atoms with Gasteiger partial charge in [0.05, 0.1) is 17.9 Å². The number of anilines is 2. The molecule has 0 aliphatic rings. The fourth-order valence-corrected chi connectivity index (χ4v) is 2.31. The highest BCUT2D eigenvalue weighted by Crippen LogP contribution is 2.30. The lowest BCUT2D eigenvalue weighted by Gasteiger charge is -2.18. The van der Waals surface area contributed by atoms with Crippen molar-refractivity contribution in [2.45, 2.75) is 33.2 Å². The molecule has 0 radical (unpaired) electrons. The van der Waals surface area contributed by atoms with E-state index >= 15 is 0 Å². The summed E-state index contributed by atoms with van der Waals surface area (Å²) >= 11 is 0. The predicted molar refractivity (Wildman–Crippen MR) is 77.3 cm³/mol. The Morgan fingerprint density at radius 3 is 2.58 bits per heavy atom. The van der Waals surface area contributed by atoms with Crippen LogP contribution in [-0.2, 0) is 13.6 Å². The number of aryl methyl sites for hydroxylation is 2. The minimum absolute atomic E-state index is 0.319. The molecular weight excluding hydrogens is 240 g/mol.